The Morgan fingerprint density at radius 3 is 2.90 bits per heavy atom. The minimum atomic E-state index is -0.232. The van der Waals surface area contributed by atoms with Gasteiger partial charge < -0.3 is 0 Å². The average molecular weight is 269 g/mol. The summed E-state index contributed by atoms with van der Waals surface area (Å²) in [5.74, 6) is 1.34. The minimum absolute atomic E-state index is 0.143. The van der Waals surface area contributed by atoms with Gasteiger partial charge in [-0.25, -0.2) is 0 Å². The predicted molar refractivity (Wildman–Crippen MR) is 79.9 cm³/mol. The molecule has 106 valence electrons. The van der Waals surface area contributed by atoms with Gasteiger partial charge in [-0.15, -0.1) is 0 Å². The molecule has 2 aliphatic carbocycles. The summed E-state index contributed by atoms with van der Waals surface area (Å²) in [7, 11) is 0. The van der Waals surface area contributed by atoms with Crippen LogP contribution < -0.4 is 0 Å². The molecule has 2 atom stereocenters. The fourth-order valence-corrected chi connectivity index (χ4v) is 4.11. The van der Waals surface area contributed by atoms with Crippen molar-refractivity contribution in [1.29, 1.82) is 0 Å². The monoisotopic (exact) mass is 269 g/mol. The molecule has 0 aromatic heterocycles. The second kappa shape index (κ2) is 4.17. The number of benzene rings is 1. The quantitative estimate of drug-likeness (QED) is 0.823. The fourth-order valence-electron chi connectivity index (χ4n) is 4.11. The number of piperidine rings is 1. The van der Waals surface area contributed by atoms with Crippen molar-refractivity contribution in [2.75, 3.05) is 13.1 Å². The number of Topliss-reactive ketones (excluding diaryl/α,β-unsaturated/α-hetero) is 1. The molecule has 2 unspecified atom stereocenters. The van der Waals surface area contributed by atoms with E-state index in [4.69, 9.17) is 0 Å². The first-order valence-electron chi connectivity index (χ1n) is 7.96. The zero-order valence-corrected chi connectivity index (χ0v) is 12.5. The Labute approximate surface area is 121 Å². The van der Waals surface area contributed by atoms with Gasteiger partial charge in [0.25, 0.3) is 0 Å². The van der Waals surface area contributed by atoms with Crippen molar-refractivity contribution >= 4 is 5.78 Å². The molecule has 4 rings (SSSR count). The zero-order valence-electron chi connectivity index (χ0n) is 12.5. The summed E-state index contributed by atoms with van der Waals surface area (Å²) >= 11 is 0. The maximum absolute atomic E-state index is 13.0. The van der Waals surface area contributed by atoms with Crippen LogP contribution in [0.1, 0.15) is 42.9 Å². The molecule has 20 heavy (non-hydrogen) atoms. The molecule has 3 aliphatic rings. The molecule has 1 heterocycles. The number of ketones is 1. The molecule has 1 aliphatic heterocycles. The maximum Gasteiger partial charge on any atom is 0.160 e. The van der Waals surface area contributed by atoms with Crippen LogP contribution in [0.5, 0.6) is 0 Å². The van der Waals surface area contributed by atoms with Crippen LogP contribution in [0.4, 0.5) is 0 Å². The number of carbonyl (C=O) groups is 1. The highest BCUT2D eigenvalue weighted by Crippen LogP contribution is 2.43. The molecule has 1 aromatic carbocycles. The number of fused-ring (bicyclic) bond motifs is 4. The van der Waals surface area contributed by atoms with E-state index in [0.717, 1.165) is 31.8 Å². The first-order chi connectivity index (χ1) is 9.58. The topological polar surface area (TPSA) is 20.3 Å². The summed E-state index contributed by atoms with van der Waals surface area (Å²) in [5.41, 5.74) is 3.76. The van der Waals surface area contributed by atoms with Crippen LogP contribution in [-0.2, 0) is 16.6 Å². The van der Waals surface area contributed by atoms with E-state index >= 15 is 0 Å². The standard InChI is InChI=1S/C18H23NO/c1-12-3-6-14-10-16-17(20)18(2,15(14)9-12)7-8-19(16)11-13-4-5-13/h3,6,9,13,16H,4-5,7-8,10-11H2,1-2H3. The Bertz CT molecular complexity index is 575. The van der Waals surface area contributed by atoms with E-state index in [9.17, 15) is 4.79 Å². The first-order valence-corrected chi connectivity index (χ1v) is 7.96. The minimum Gasteiger partial charge on any atom is -0.297 e. The summed E-state index contributed by atoms with van der Waals surface area (Å²) in [5, 5.41) is 0. The van der Waals surface area contributed by atoms with Crippen molar-refractivity contribution in [2.45, 2.75) is 51.0 Å². The normalized spacial score (nSPS) is 33.1. The summed E-state index contributed by atoms with van der Waals surface area (Å²) < 4.78 is 0. The number of hydrogen-bond acceptors (Lipinski definition) is 2. The van der Waals surface area contributed by atoms with Crippen molar-refractivity contribution < 1.29 is 4.79 Å². The van der Waals surface area contributed by atoms with Crippen LogP contribution in [0.15, 0.2) is 18.2 Å². The molecular weight excluding hydrogens is 246 g/mol. The zero-order chi connectivity index (χ0) is 13.9. The largest absolute Gasteiger partial charge is 0.297 e. The highest BCUT2D eigenvalue weighted by molar-refractivity contribution is 5.97. The van der Waals surface area contributed by atoms with E-state index in [1.54, 1.807) is 0 Å². The third-order valence-corrected chi connectivity index (χ3v) is 5.65. The molecule has 0 spiro atoms. The number of aryl methyl sites for hydroxylation is 1. The number of nitrogens with zero attached hydrogens (tertiary/aromatic N) is 1. The summed E-state index contributed by atoms with van der Waals surface area (Å²) in [6.45, 7) is 6.54. The van der Waals surface area contributed by atoms with Gasteiger partial charge in [0.1, 0.15) is 0 Å². The lowest BCUT2D eigenvalue weighted by Gasteiger charge is -2.48. The van der Waals surface area contributed by atoms with Gasteiger partial charge in [-0.05, 0) is 56.6 Å². The number of likely N-dealkylation sites (tertiary alicyclic amines) is 1. The fraction of sp³-hybridized carbons (Fsp3) is 0.611. The molecule has 0 N–H and O–H groups in total. The van der Waals surface area contributed by atoms with Crippen LogP contribution in [0.2, 0.25) is 0 Å². The predicted octanol–water partition coefficient (Wildman–Crippen LogP) is 2.86. The van der Waals surface area contributed by atoms with Gasteiger partial charge in [0.05, 0.1) is 11.5 Å². The second-order valence-electron chi connectivity index (χ2n) is 7.27. The molecular formula is C18H23NO. The van der Waals surface area contributed by atoms with Crippen molar-refractivity contribution in [3.05, 3.63) is 34.9 Å². The van der Waals surface area contributed by atoms with Crippen molar-refractivity contribution in [2.24, 2.45) is 5.92 Å². The molecule has 2 nitrogen and oxygen atoms in total. The SMILES string of the molecule is Cc1ccc2c(c1)C1(C)CCN(CC3CC3)C(C2)C1=O. The van der Waals surface area contributed by atoms with Gasteiger partial charge in [0.2, 0.25) is 0 Å². The van der Waals surface area contributed by atoms with E-state index in [-0.39, 0.29) is 11.5 Å². The molecule has 2 heteroatoms. The van der Waals surface area contributed by atoms with Gasteiger partial charge >= 0.3 is 0 Å². The van der Waals surface area contributed by atoms with Gasteiger partial charge in [0.15, 0.2) is 5.78 Å². The van der Waals surface area contributed by atoms with E-state index in [0.29, 0.717) is 5.78 Å². The van der Waals surface area contributed by atoms with Crippen molar-refractivity contribution in [3.63, 3.8) is 0 Å². The number of carbonyl (C=O) groups excluding carboxylic acids is 1. The van der Waals surface area contributed by atoms with E-state index in [1.807, 2.05) is 0 Å². The number of rotatable bonds is 2. The highest BCUT2D eigenvalue weighted by Gasteiger charge is 2.50. The summed E-state index contributed by atoms with van der Waals surface area (Å²) in [6, 6.07) is 6.84. The molecule has 2 fully saturated rings. The molecule has 0 amide bonds. The van der Waals surface area contributed by atoms with Gasteiger partial charge in [-0.1, -0.05) is 23.8 Å². The van der Waals surface area contributed by atoms with E-state index in [2.05, 4.69) is 36.9 Å². The Morgan fingerprint density at radius 1 is 1.35 bits per heavy atom. The second-order valence-corrected chi connectivity index (χ2v) is 7.27. The smallest absolute Gasteiger partial charge is 0.160 e. The lowest BCUT2D eigenvalue weighted by molar-refractivity contribution is -0.134. The van der Waals surface area contributed by atoms with Crippen molar-refractivity contribution in [1.82, 2.24) is 4.90 Å². The molecule has 0 radical (unpaired) electrons. The third kappa shape index (κ3) is 1.77. The first kappa shape index (κ1) is 12.6. The average Bonchev–Trinajstić information content (AvgIpc) is 3.22. The molecule has 2 bridgehead atoms. The van der Waals surface area contributed by atoms with Gasteiger partial charge in [-0.3, -0.25) is 9.69 Å². The van der Waals surface area contributed by atoms with Crippen LogP contribution in [0, 0.1) is 12.8 Å². The van der Waals surface area contributed by atoms with E-state index in [1.165, 1.54) is 29.5 Å². The van der Waals surface area contributed by atoms with Crippen LogP contribution >= 0.6 is 0 Å². The summed E-state index contributed by atoms with van der Waals surface area (Å²) in [4.78, 5) is 15.5. The molecule has 1 saturated carbocycles. The van der Waals surface area contributed by atoms with Gasteiger partial charge in [0, 0.05) is 13.1 Å². The van der Waals surface area contributed by atoms with Crippen LogP contribution in [0.3, 0.4) is 0 Å². The lowest BCUT2D eigenvalue weighted by Crippen LogP contribution is -2.60. The van der Waals surface area contributed by atoms with Crippen LogP contribution in [0.25, 0.3) is 0 Å². The highest BCUT2D eigenvalue weighted by atomic mass is 16.1. The number of hydrogen-bond donors (Lipinski definition) is 0. The third-order valence-electron chi connectivity index (χ3n) is 5.65. The van der Waals surface area contributed by atoms with Gasteiger partial charge in [-0.2, -0.15) is 0 Å². The summed E-state index contributed by atoms with van der Waals surface area (Å²) in [6.07, 6.45) is 4.65. The van der Waals surface area contributed by atoms with Crippen molar-refractivity contribution in [3.8, 4) is 0 Å². The van der Waals surface area contributed by atoms with Crippen LogP contribution in [-0.4, -0.2) is 29.8 Å². The Morgan fingerprint density at radius 2 is 2.15 bits per heavy atom. The van der Waals surface area contributed by atoms with E-state index < -0.39 is 0 Å². The Hall–Kier alpha value is -1.15. The molecule has 1 aromatic rings. The molecule has 1 saturated heterocycles. The lowest BCUT2D eigenvalue weighted by atomic mass is 9.64. The Kier molecular flexibility index (Phi) is 2.62. The Balaban J connectivity index is 1.73. The maximum atomic E-state index is 13.0.